The summed E-state index contributed by atoms with van der Waals surface area (Å²) in [5.41, 5.74) is 0. The average molecular weight is 977 g/mol. The van der Waals surface area contributed by atoms with Gasteiger partial charge in [0.15, 0.2) is 6.29 Å². The Kier molecular flexibility index (Phi) is 41.9. The molecule has 0 saturated carbocycles. The van der Waals surface area contributed by atoms with E-state index in [4.69, 9.17) is 18.9 Å². The molecule has 4 N–H and O–H groups in total. The minimum atomic E-state index is -5.08. The van der Waals surface area contributed by atoms with Gasteiger partial charge in [-0.3, -0.25) is 9.35 Å². The summed E-state index contributed by atoms with van der Waals surface area (Å²) in [6, 6.07) is 0. The molecule has 1 saturated heterocycles. The first-order valence-corrected chi connectivity index (χ1v) is 27.4. The normalized spacial score (nSPS) is 20.1. The number of hydrogen-bond donors (Lipinski definition) is 4. The van der Waals surface area contributed by atoms with Crippen LogP contribution in [0, 0.1) is 0 Å². The number of aliphatic hydroxyl groups is 3. The molecular weight excluding hydrogens is 885 g/mol. The van der Waals surface area contributed by atoms with Crippen molar-refractivity contribution in [3.8, 4) is 0 Å². The third kappa shape index (κ3) is 37.9. The highest BCUT2D eigenvalue weighted by Gasteiger charge is 2.48. The van der Waals surface area contributed by atoms with E-state index in [2.05, 4.69) is 115 Å². The number of ether oxygens (including phenoxy) is 4. The Bertz CT molecular complexity index is 1550. The van der Waals surface area contributed by atoms with Crippen LogP contribution >= 0.6 is 0 Å². The van der Waals surface area contributed by atoms with Crippen LogP contribution in [0.2, 0.25) is 0 Å². The lowest BCUT2D eigenvalue weighted by molar-refractivity contribution is -0.301. The first kappa shape index (κ1) is 63.0. The quantitative estimate of drug-likeness (QED) is 0.0197. The summed E-state index contributed by atoms with van der Waals surface area (Å²) >= 11 is 0. The Labute approximate surface area is 412 Å². The molecule has 68 heavy (non-hydrogen) atoms. The Morgan fingerprint density at radius 2 is 1.01 bits per heavy atom. The van der Waals surface area contributed by atoms with Gasteiger partial charge >= 0.3 is 16.4 Å². The maximum atomic E-state index is 12.9. The summed E-state index contributed by atoms with van der Waals surface area (Å²) in [7, 11) is -5.08. The third-order valence-corrected chi connectivity index (χ3v) is 11.7. The second kappa shape index (κ2) is 45.2. The van der Waals surface area contributed by atoms with E-state index in [1.54, 1.807) is 0 Å². The lowest BCUT2D eigenvalue weighted by Gasteiger charge is -2.41. The molecule has 1 heterocycles. The Balaban J connectivity index is 2.39. The Hall–Kier alpha value is -2.98. The second-order valence-electron chi connectivity index (χ2n) is 17.4. The van der Waals surface area contributed by atoms with E-state index >= 15 is 0 Å². The van der Waals surface area contributed by atoms with Crippen LogP contribution in [0.4, 0.5) is 0 Å². The molecule has 0 amide bonds. The smallest absolute Gasteiger partial charge is 0.397 e. The lowest BCUT2D eigenvalue weighted by Crippen LogP contribution is -2.60. The van der Waals surface area contributed by atoms with Crippen molar-refractivity contribution in [3.63, 3.8) is 0 Å². The molecule has 0 spiro atoms. The molecule has 1 fully saturated rings. The SMILES string of the molecule is CC/C=C\C/C=C\C/C=C\C/C=C\C/C=C\C/C=C\CCCCCCCOCC(COC1OC(CO)C(O)C(OS(=O)(=O)O)C1O)OC(=O)CCCCCCCCC/C=C\C/C=C\CCCCC. The van der Waals surface area contributed by atoms with Gasteiger partial charge in [-0.1, -0.05) is 175 Å². The van der Waals surface area contributed by atoms with E-state index < -0.39 is 59.8 Å². The fraction of sp³-hybridized carbons (Fsp3) is 0.691. The second-order valence-corrected chi connectivity index (χ2v) is 18.4. The number of allylic oxidation sites excluding steroid dienone is 16. The number of esters is 1. The van der Waals surface area contributed by atoms with Crippen molar-refractivity contribution in [3.05, 3.63) is 97.2 Å². The molecule has 1 rings (SSSR count). The van der Waals surface area contributed by atoms with Crippen LogP contribution in [0.5, 0.6) is 0 Å². The number of hydrogen-bond acceptors (Lipinski definition) is 11. The Morgan fingerprint density at radius 1 is 0.574 bits per heavy atom. The van der Waals surface area contributed by atoms with Crippen LogP contribution < -0.4 is 0 Å². The van der Waals surface area contributed by atoms with E-state index in [1.807, 2.05) is 0 Å². The third-order valence-electron chi connectivity index (χ3n) is 11.2. The zero-order valence-electron chi connectivity index (χ0n) is 41.9. The molecule has 12 nitrogen and oxygen atoms in total. The summed E-state index contributed by atoms with van der Waals surface area (Å²) in [6.45, 7) is 3.78. The molecule has 390 valence electrons. The van der Waals surface area contributed by atoms with Crippen molar-refractivity contribution < 1.29 is 56.2 Å². The number of rotatable bonds is 44. The van der Waals surface area contributed by atoms with Gasteiger partial charge < -0.3 is 34.3 Å². The van der Waals surface area contributed by atoms with Gasteiger partial charge in [-0.05, 0) is 96.3 Å². The summed E-state index contributed by atoms with van der Waals surface area (Å²) in [4.78, 5) is 12.9. The van der Waals surface area contributed by atoms with E-state index in [9.17, 15) is 33.1 Å². The van der Waals surface area contributed by atoms with Gasteiger partial charge in [0, 0.05) is 13.0 Å². The monoisotopic (exact) mass is 977 g/mol. The topological polar surface area (TPSA) is 178 Å². The standard InChI is InChI=1S/C55H92O12S/c1-3-5-7-9-11-13-15-17-19-21-22-23-24-25-26-27-29-31-33-35-37-39-41-43-45-63-47-49(48-64-55-53(59)54(67-68(60,61)62)52(58)50(46-56)66-55)65-51(57)44-42-40-38-36-34-32-30-28-20-18-16-14-12-10-8-6-4-2/h5,7,11-14,17-20,22-23,25-26,29,31,49-50,52-56,58-59H,3-4,6,8-10,15-16,21,24,27-28,30,32-48H2,1-2H3,(H,60,61,62)/b7-5-,13-11-,14-12-,19-17-,20-18-,23-22-,26-25-,31-29-. The summed E-state index contributed by atoms with van der Waals surface area (Å²) in [5.74, 6) is -0.418. The van der Waals surface area contributed by atoms with E-state index in [1.165, 1.54) is 38.5 Å². The van der Waals surface area contributed by atoms with Crippen LogP contribution in [0.25, 0.3) is 0 Å². The zero-order valence-corrected chi connectivity index (χ0v) is 42.7. The molecule has 0 radical (unpaired) electrons. The minimum absolute atomic E-state index is 0.0131. The highest BCUT2D eigenvalue weighted by molar-refractivity contribution is 7.80. The maximum absolute atomic E-state index is 12.9. The van der Waals surface area contributed by atoms with Crippen molar-refractivity contribution in [2.75, 3.05) is 26.4 Å². The van der Waals surface area contributed by atoms with Crippen LogP contribution in [-0.2, 0) is 38.3 Å². The van der Waals surface area contributed by atoms with Gasteiger partial charge in [-0.25, -0.2) is 4.18 Å². The molecule has 0 aromatic heterocycles. The van der Waals surface area contributed by atoms with Gasteiger partial charge in [0.1, 0.15) is 30.5 Å². The molecule has 6 unspecified atom stereocenters. The predicted octanol–water partition coefficient (Wildman–Crippen LogP) is 12.2. The van der Waals surface area contributed by atoms with Crippen molar-refractivity contribution in [1.82, 2.24) is 0 Å². The molecule has 1 aliphatic heterocycles. The van der Waals surface area contributed by atoms with E-state index in [0.29, 0.717) is 13.0 Å². The predicted molar refractivity (Wildman–Crippen MR) is 275 cm³/mol. The number of carbonyl (C=O) groups is 1. The molecule has 0 bridgehead atoms. The number of carbonyl (C=O) groups excluding carboxylic acids is 1. The average Bonchev–Trinajstić information content (AvgIpc) is 3.31. The Morgan fingerprint density at radius 3 is 1.49 bits per heavy atom. The first-order valence-electron chi connectivity index (χ1n) is 26.0. The number of aliphatic hydroxyl groups excluding tert-OH is 3. The van der Waals surface area contributed by atoms with Crippen molar-refractivity contribution in [2.24, 2.45) is 0 Å². The molecule has 1 aliphatic rings. The van der Waals surface area contributed by atoms with Crippen molar-refractivity contribution in [1.29, 1.82) is 0 Å². The van der Waals surface area contributed by atoms with Crippen LogP contribution in [0.15, 0.2) is 97.2 Å². The van der Waals surface area contributed by atoms with Crippen LogP contribution in [0.3, 0.4) is 0 Å². The summed E-state index contributed by atoms with van der Waals surface area (Å²) in [6.07, 6.45) is 52.9. The van der Waals surface area contributed by atoms with Gasteiger partial charge in [0.2, 0.25) is 0 Å². The highest BCUT2D eigenvalue weighted by Crippen LogP contribution is 2.26. The highest BCUT2D eigenvalue weighted by atomic mass is 32.3. The minimum Gasteiger partial charge on any atom is -0.457 e. The molecule has 13 heteroatoms. The molecule has 0 aromatic carbocycles. The van der Waals surface area contributed by atoms with E-state index in [0.717, 1.165) is 116 Å². The number of unbranched alkanes of at least 4 members (excludes halogenated alkanes) is 15. The van der Waals surface area contributed by atoms with E-state index in [-0.39, 0.29) is 19.6 Å². The maximum Gasteiger partial charge on any atom is 0.397 e. The van der Waals surface area contributed by atoms with Crippen LogP contribution in [-0.4, -0.2) is 97.5 Å². The summed E-state index contributed by atoms with van der Waals surface area (Å²) in [5, 5.41) is 30.8. The van der Waals surface area contributed by atoms with Gasteiger partial charge in [-0.2, -0.15) is 8.42 Å². The van der Waals surface area contributed by atoms with Gasteiger partial charge in [-0.15, -0.1) is 0 Å². The first-order chi connectivity index (χ1) is 33.1. The van der Waals surface area contributed by atoms with Gasteiger partial charge in [0.25, 0.3) is 0 Å². The largest absolute Gasteiger partial charge is 0.457 e. The zero-order chi connectivity index (χ0) is 49.6. The summed E-state index contributed by atoms with van der Waals surface area (Å²) < 4.78 is 59.2. The van der Waals surface area contributed by atoms with Crippen molar-refractivity contribution >= 4 is 16.4 Å². The lowest BCUT2D eigenvalue weighted by atomic mass is 9.99. The molecule has 0 aliphatic carbocycles. The molecule has 6 atom stereocenters. The van der Waals surface area contributed by atoms with Crippen molar-refractivity contribution in [2.45, 2.75) is 218 Å². The van der Waals surface area contributed by atoms with Crippen LogP contribution in [0.1, 0.15) is 181 Å². The molecular formula is C55H92O12S. The fourth-order valence-corrected chi connectivity index (χ4v) is 7.80. The molecule has 0 aromatic rings. The fourth-order valence-electron chi connectivity index (χ4n) is 7.29. The van der Waals surface area contributed by atoms with Gasteiger partial charge in [0.05, 0.1) is 19.8 Å².